The number of H-pyrrole nitrogens is 2. The van der Waals surface area contributed by atoms with Crippen molar-refractivity contribution in [1.82, 2.24) is 19.9 Å². The van der Waals surface area contributed by atoms with Gasteiger partial charge in [-0.1, -0.05) is 72.8 Å². The van der Waals surface area contributed by atoms with E-state index >= 15 is 0 Å². The molecule has 0 saturated carbocycles. The molecular weight excluding hydrogens is 540 g/mol. The van der Waals surface area contributed by atoms with E-state index in [1.165, 1.54) is 0 Å². The summed E-state index contributed by atoms with van der Waals surface area (Å²) in [7, 11) is 0. The van der Waals surface area contributed by atoms with Gasteiger partial charge in [0.2, 0.25) is 0 Å². The van der Waals surface area contributed by atoms with Gasteiger partial charge in [0.15, 0.2) is 0 Å². The molecule has 6 heteroatoms. The zero-order chi connectivity index (χ0) is 29.6. The first kappa shape index (κ1) is 25.6. The number of nitrogen functional groups attached to an aromatic ring is 2. The van der Waals surface area contributed by atoms with Crippen molar-refractivity contribution in [2.24, 2.45) is 0 Å². The fourth-order valence-corrected chi connectivity index (χ4v) is 6.00. The maximum absolute atomic E-state index is 6.67. The summed E-state index contributed by atoms with van der Waals surface area (Å²) in [5.74, 6) is 0. The van der Waals surface area contributed by atoms with E-state index in [4.69, 9.17) is 21.4 Å². The third-order valence-corrected chi connectivity index (χ3v) is 8.05. The van der Waals surface area contributed by atoms with Gasteiger partial charge in [0.05, 0.1) is 39.5 Å². The van der Waals surface area contributed by atoms with Crippen LogP contribution in [0.1, 0.15) is 22.8 Å². The van der Waals surface area contributed by atoms with E-state index in [1.807, 2.05) is 66.7 Å². The Morgan fingerprint density at radius 1 is 0.500 bits per heavy atom. The highest BCUT2D eigenvalue weighted by Gasteiger charge is 2.18. The summed E-state index contributed by atoms with van der Waals surface area (Å²) in [6, 6.07) is 36.9. The van der Waals surface area contributed by atoms with E-state index in [1.54, 1.807) is 0 Å². The number of nitrogens with zero attached hydrogens (tertiary/aromatic N) is 2. The SMILES string of the molecule is Nc1cccc(-c2cc3cc4nc(c(N)c5ccc([nH]5)c(-c5ccccc5)c5nc(c(-c6ccccc6)c2[nH]3)C=C5)C=C4)c1. The number of aromatic amines is 2. The Morgan fingerprint density at radius 2 is 1.16 bits per heavy atom. The quantitative estimate of drug-likeness (QED) is 0.160. The van der Waals surface area contributed by atoms with Crippen LogP contribution in [0.5, 0.6) is 0 Å². The molecule has 2 aliphatic rings. The zero-order valence-corrected chi connectivity index (χ0v) is 23.8. The average molecular weight is 569 g/mol. The number of benzene rings is 3. The molecule has 2 aliphatic heterocycles. The van der Waals surface area contributed by atoms with Crippen molar-refractivity contribution in [2.45, 2.75) is 0 Å². The summed E-state index contributed by atoms with van der Waals surface area (Å²) in [5, 5.41) is 0. The van der Waals surface area contributed by atoms with Gasteiger partial charge >= 0.3 is 0 Å². The highest BCUT2D eigenvalue weighted by atomic mass is 14.8. The van der Waals surface area contributed by atoms with E-state index in [0.717, 1.165) is 72.5 Å². The van der Waals surface area contributed by atoms with Crippen molar-refractivity contribution >= 4 is 57.7 Å². The Morgan fingerprint density at radius 3 is 1.91 bits per heavy atom. The van der Waals surface area contributed by atoms with Crippen LogP contribution in [0.15, 0.2) is 109 Å². The normalized spacial score (nSPS) is 12.1. The van der Waals surface area contributed by atoms with Crippen molar-refractivity contribution in [3.05, 3.63) is 132 Å². The molecule has 0 unspecified atom stereocenters. The number of aromatic nitrogens is 4. The summed E-state index contributed by atoms with van der Waals surface area (Å²) in [4.78, 5) is 17.4. The number of fused-ring (bicyclic) bond motifs is 8. The molecule has 0 atom stereocenters. The molecule has 210 valence electrons. The molecule has 0 amide bonds. The van der Waals surface area contributed by atoms with Crippen LogP contribution in [-0.2, 0) is 0 Å². The molecule has 6 aromatic rings. The van der Waals surface area contributed by atoms with E-state index in [9.17, 15) is 0 Å². The minimum Gasteiger partial charge on any atom is -0.399 e. The zero-order valence-electron chi connectivity index (χ0n) is 23.8. The van der Waals surface area contributed by atoms with Gasteiger partial charge in [0.1, 0.15) is 0 Å². The minimum absolute atomic E-state index is 0.582. The molecule has 6 nitrogen and oxygen atoms in total. The third-order valence-electron chi connectivity index (χ3n) is 8.05. The molecule has 8 bridgehead atoms. The maximum Gasteiger partial charge on any atom is 0.0888 e. The number of rotatable bonds is 3. The summed E-state index contributed by atoms with van der Waals surface area (Å²) in [6.07, 6.45) is 8.13. The van der Waals surface area contributed by atoms with E-state index in [-0.39, 0.29) is 0 Å². The van der Waals surface area contributed by atoms with Crippen LogP contribution in [0.3, 0.4) is 0 Å². The topological polar surface area (TPSA) is 109 Å². The van der Waals surface area contributed by atoms with Crippen LogP contribution >= 0.6 is 0 Å². The van der Waals surface area contributed by atoms with Crippen LogP contribution in [-0.4, -0.2) is 19.9 Å². The second kappa shape index (κ2) is 10.3. The first-order valence-corrected chi connectivity index (χ1v) is 14.5. The van der Waals surface area contributed by atoms with Crippen molar-refractivity contribution in [2.75, 3.05) is 11.5 Å². The van der Waals surface area contributed by atoms with E-state index < -0.39 is 0 Å². The van der Waals surface area contributed by atoms with Crippen LogP contribution in [0.4, 0.5) is 11.4 Å². The monoisotopic (exact) mass is 568 g/mol. The molecule has 0 fully saturated rings. The lowest BCUT2D eigenvalue weighted by Gasteiger charge is -2.08. The first-order valence-electron chi connectivity index (χ1n) is 14.5. The summed E-state index contributed by atoms with van der Waals surface area (Å²) < 4.78 is 0. The van der Waals surface area contributed by atoms with Gasteiger partial charge < -0.3 is 21.4 Å². The van der Waals surface area contributed by atoms with Crippen molar-refractivity contribution in [1.29, 1.82) is 0 Å². The largest absolute Gasteiger partial charge is 0.399 e. The fourth-order valence-electron chi connectivity index (χ4n) is 6.00. The van der Waals surface area contributed by atoms with E-state index in [2.05, 4.69) is 76.7 Å². The first-order chi connectivity index (χ1) is 21.6. The lowest BCUT2D eigenvalue weighted by Crippen LogP contribution is -1.90. The second-order valence-electron chi connectivity index (χ2n) is 10.9. The highest BCUT2D eigenvalue weighted by Crippen LogP contribution is 2.38. The number of hydrogen-bond acceptors (Lipinski definition) is 4. The molecule has 0 radical (unpaired) electrons. The maximum atomic E-state index is 6.67. The molecule has 0 saturated heterocycles. The van der Waals surface area contributed by atoms with Gasteiger partial charge in [-0.3, -0.25) is 0 Å². The lowest BCUT2D eigenvalue weighted by atomic mass is 9.98. The minimum atomic E-state index is 0.582. The Bertz CT molecular complexity index is 2290. The van der Waals surface area contributed by atoms with Gasteiger partial charge in [-0.05, 0) is 77.4 Å². The van der Waals surface area contributed by atoms with E-state index in [0.29, 0.717) is 17.1 Å². The van der Waals surface area contributed by atoms with Crippen LogP contribution < -0.4 is 11.5 Å². The molecule has 8 rings (SSSR count). The Labute approximate surface area is 254 Å². The molecule has 0 spiro atoms. The Balaban J connectivity index is 1.58. The molecular formula is C38H28N6. The Kier molecular flexibility index (Phi) is 5.98. The number of nitrogens with two attached hydrogens (primary N) is 2. The van der Waals surface area contributed by atoms with Gasteiger partial charge in [0, 0.05) is 33.4 Å². The second-order valence-corrected chi connectivity index (χ2v) is 10.9. The predicted octanol–water partition coefficient (Wildman–Crippen LogP) is 8.82. The van der Waals surface area contributed by atoms with Crippen molar-refractivity contribution < 1.29 is 0 Å². The molecule has 0 aliphatic carbocycles. The summed E-state index contributed by atoms with van der Waals surface area (Å²) in [5.41, 5.74) is 27.2. The summed E-state index contributed by atoms with van der Waals surface area (Å²) >= 11 is 0. The molecule has 6 N–H and O–H groups in total. The van der Waals surface area contributed by atoms with Crippen molar-refractivity contribution in [3.8, 4) is 33.4 Å². The van der Waals surface area contributed by atoms with Crippen LogP contribution in [0.2, 0.25) is 0 Å². The smallest absolute Gasteiger partial charge is 0.0888 e. The van der Waals surface area contributed by atoms with Gasteiger partial charge in [0.25, 0.3) is 0 Å². The van der Waals surface area contributed by atoms with Crippen LogP contribution in [0.25, 0.3) is 79.8 Å². The molecule has 5 heterocycles. The molecule has 3 aromatic heterocycles. The lowest BCUT2D eigenvalue weighted by molar-refractivity contribution is 1.31. The van der Waals surface area contributed by atoms with Crippen molar-refractivity contribution in [3.63, 3.8) is 0 Å². The average Bonchev–Trinajstić information content (AvgIpc) is 3.87. The molecule has 44 heavy (non-hydrogen) atoms. The van der Waals surface area contributed by atoms with Gasteiger partial charge in [-0.2, -0.15) is 0 Å². The number of nitrogens with one attached hydrogen (secondary N) is 2. The predicted molar refractivity (Wildman–Crippen MR) is 184 cm³/mol. The van der Waals surface area contributed by atoms with Gasteiger partial charge in [-0.25, -0.2) is 9.97 Å². The highest BCUT2D eigenvalue weighted by molar-refractivity contribution is 6.01. The van der Waals surface area contributed by atoms with Crippen LogP contribution in [0, 0.1) is 0 Å². The third kappa shape index (κ3) is 4.46. The summed E-state index contributed by atoms with van der Waals surface area (Å²) in [6.45, 7) is 0. The number of anilines is 2. The fraction of sp³-hybridized carbons (Fsp3) is 0. The van der Waals surface area contributed by atoms with Gasteiger partial charge in [-0.15, -0.1) is 0 Å². The molecule has 3 aromatic carbocycles. The Hall–Kier alpha value is -6.14. The standard InChI is InChI=1S/C38H28N6/c39-26-13-7-12-25(20-26)29-22-28-21-27-14-15-33(41-27)37(40)34-19-18-31(44-34)35(23-8-3-1-4-9-23)30-16-17-32(43-30)36(38(29)42-28)24-10-5-2-6-11-24/h1-22,42,44H,39-40H2. The number of hydrogen-bond donors (Lipinski definition) is 4.